The number of benzene rings is 1. The summed E-state index contributed by atoms with van der Waals surface area (Å²) in [4.78, 5) is 0. The molecular formula is C16H24O4. The van der Waals surface area contributed by atoms with Crippen LogP contribution in [0.3, 0.4) is 0 Å². The molecule has 0 radical (unpaired) electrons. The fraction of sp³-hybridized carbons (Fsp3) is 0.625. The van der Waals surface area contributed by atoms with Crippen molar-refractivity contribution < 1.29 is 19.3 Å². The van der Waals surface area contributed by atoms with Crippen molar-refractivity contribution in [3.8, 4) is 17.2 Å². The second kappa shape index (κ2) is 5.92. The van der Waals surface area contributed by atoms with Gasteiger partial charge in [-0.3, -0.25) is 0 Å². The van der Waals surface area contributed by atoms with Crippen LogP contribution in [0.15, 0.2) is 12.1 Å². The molecule has 1 N–H and O–H groups in total. The van der Waals surface area contributed by atoms with Crippen molar-refractivity contribution in [2.24, 2.45) is 5.92 Å². The third-order valence-electron chi connectivity index (χ3n) is 4.42. The third-order valence-corrected chi connectivity index (χ3v) is 4.42. The summed E-state index contributed by atoms with van der Waals surface area (Å²) in [5, 5.41) is 11.1. The van der Waals surface area contributed by atoms with E-state index in [0.717, 1.165) is 24.8 Å². The molecule has 0 aromatic heterocycles. The summed E-state index contributed by atoms with van der Waals surface area (Å²) in [6, 6.07) is 3.73. The fourth-order valence-electron chi connectivity index (χ4n) is 3.09. The number of hydrogen-bond donors (Lipinski definition) is 1. The van der Waals surface area contributed by atoms with Crippen LogP contribution in [0, 0.1) is 5.92 Å². The van der Waals surface area contributed by atoms with Gasteiger partial charge in [0.2, 0.25) is 5.75 Å². The first-order valence-electron chi connectivity index (χ1n) is 7.09. The van der Waals surface area contributed by atoms with Gasteiger partial charge in [0.15, 0.2) is 11.5 Å². The molecule has 1 aliphatic rings. The summed E-state index contributed by atoms with van der Waals surface area (Å²) in [7, 11) is 4.77. The number of ether oxygens (including phenoxy) is 3. The highest BCUT2D eigenvalue weighted by molar-refractivity contribution is 5.55. The van der Waals surface area contributed by atoms with E-state index in [4.69, 9.17) is 14.2 Å². The monoisotopic (exact) mass is 280 g/mol. The highest BCUT2D eigenvalue weighted by Gasteiger charge is 2.38. The lowest BCUT2D eigenvalue weighted by Crippen LogP contribution is -2.36. The number of rotatable bonds is 4. The van der Waals surface area contributed by atoms with Crippen LogP contribution in [-0.2, 0) is 5.60 Å². The van der Waals surface area contributed by atoms with E-state index in [1.54, 1.807) is 21.3 Å². The van der Waals surface area contributed by atoms with E-state index < -0.39 is 5.60 Å². The summed E-state index contributed by atoms with van der Waals surface area (Å²) in [5.41, 5.74) is 0.0321. The Morgan fingerprint density at radius 3 is 2.10 bits per heavy atom. The van der Waals surface area contributed by atoms with Crippen molar-refractivity contribution >= 4 is 0 Å². The molecule has 2 rings (SSSR count). The smallest absolute Gasteiger partial charge is 0.203 e. The molecule has 2 atom stereocenters. The molecule has 1 aromatic rings. The average molecular weight is 280 g/mol. The Labute approximate surface area is 120 Å². The Hall–Kier alpha value is -1.42. The standard InChI is InChI=1S/C16H24O4/c1-11-7-5-6-8-16(11,17)12-9-13(18-2)15(20-4)14(10-12)19-3/h9-11,17H,5-8H2,1-4H3/t11-,16-/m0/s1. The van der Waals surface area contributed by atoms with Gasteiger partial charge in [0, 0.05) is 0 Å². The second-order valence-corrected chi connectivity index (χ2v) is 5.49. The van der Waals surface area contributed by atoms with Crippen LogP contribution in [0.2, 0.25) is 0 Å². The molecule has 1 fully saturated rings. The highest BCUT2D eigenvalue weighted by Crippen LogP contribution is 2.47. The molecule has 0 spiro atoms. The third kappa shape index (κ3) is 2.44. The summed E-state index contributed by atoms with van der Waals surface area (Å²) in [6.07, 6.45) is 4.02. The van der Waals surface area contributed by atoms with Crippen molar-refractivity contribution in [1.29, 1.82) is 0 Å². The summed E-state index contributed by atoms with van der Waals surface area (Å²) in [6.45, 7) is 2.10. The van der Waals surface area contributed by atoms with E-state index in [9.17, 15) is 5.11 Å². The van der Waals surface area contributed by atoms with Gasteiger partial charge in [0.05, 0.1) is 26.9 Å². The number of methoxy groups -OCH3 is 3. The van der Waals surface area contributed by atoms with Gasteiger partial charge in [-0.15, -0.1) is 0 Å². The fourth-order valence-corrected chi connectivity index (χ4v) is 3.09. The first-order chi connectivity index (χ1) is 9.56. The van der Waals surface area contributed by atoms with E-state index in [2.05, 4.69) is 6.92 Å². The Kier molecular flexibility index (Phi) is 4.43. The molecule has 4 heteroatoms. The van der Waals surface area contributed by atoms with Crippen LogP contribution in [0.4, 0.5) is 0 Å². The van der Waals surface area contributed by atoms with Gasteiger partial charge in [0.25, 0.3) is 0 Å². The average Bonchev–Trinajstić information content (AvgIpc) is 2.48. The van der Waals surface area contributed by atoms with E-state index in [1.807, 2.05) is 12.1 Å². The van der Waals surface area contributed by atoms with Gasteiger partial charge in [-0.25, -0.2) is 0 Å². The van der Waals surface area contributed by atoms with E-state index >= 15 is 0 Å². The minimum atomic E-state index is -0.814. The molecule has 0 aliphatic heterocycles. The van der Waals surface area contributed by atoms with Crippen LogP contribution < -0.4 is 14.2 Å². The van der Waals surface area contributed by atoms with Crippen molar-refractivity contribution in [3.05, 3.63) is 17.7 Å². The lowest BCUT2D eigenvalue weighted by atomic mass is 9.72. The Balaban J connectivity index is 2.51. The Morgan fingerprint density at radius 2 is 1.65 bits per heavy atom. The predicted octanol–water partition coefficient (Wildman–Crippen LogP) is 3.11. The molecule has 0 bridgehead atoms. The number of hydrogen-bond acceptors (Lipinski definition) is 4. The molecule has 1 aromatic carbocycles. The largest absolute Gasteiger partial charge is 0.493 e. The zero-order chi connectivity index (χ0) is 14.8. The molecule has 0 unspecified atom stereocenters. The quantitative estimate of drug-likeness (QED) is 0.920. The molecule has 0 amide bonds. The SMILES string of the molecule is COc1cc([C@]2(O)CCCC[C@@H]2C)cc(OC)c1OC. The van der Waals surface area contributed by atoms with E-state index in [-0.39, 0.29) is 5.92 Å². The maximum Gasteiger partial charge on any atom is 0.203 e. The van der Waals surface area contributed by atoms with Crippen LogP contribution in [0.25, 0.3) is 0 Å². The minimum absolute atomic E-state index is 0.221. The normalized spacial score (nSPS) is 26.1. The van der Waals surface area contributed by atoms with Gasteiger partial charge < -0.3 is 19.3 Å². The van der Waals surface area contributed by atoms with Gasteiger partial charge in [-0.1, -0.05) is 19.8 Å². The highest BCUT2D eigenvalue weighted by atomic mass is 16.5. The lowest BCUT2D eigenvalue weighted by molar-refractivity contribution is -0.0472. The lowest BCUT2D eigenvalue weighted by Gasteiger charge is -2.39. The molecule has 1 saturated carbocycles. The molecule has 20 heavy (non-hydrogen) atoms. The van der Waals surface area contributed by atoms with Gasteiger partial charge in [-0.05, 0) is 36.5 Å². The Bertz CT molecular complexity index is 447. The van der Waals surface area contributed by atoms with Crippen LogP contribution >= 0.6 is 0 Å². The van der Waals surface area contributed by atoms with Crippen molar-refractivity contribution in [2.75, 3.05) is 21.3 Å². The zero-order valence-corrected chi connectivity index (χ0v) is 12.7. The zero-order valence-electron chi connectivity index (χ0n) is 12.7. The first kappa shape index (κ1) is 15.0. The number of aliphatic hydroxyl groups is 1. The summed E-state index contributed by atoms with van der Waals surface area (Å²) in [5.74, 6) is 1.96. The maximum absolute atomic E-state index is 11.1. The molecule has 112 valence electrons. The first-order valence-corrected chi connectivity index (χ1v) is 7.09. The van der Waals surface area contributed by atoms with Crippen molar-refractivity contribution in [2.45, 2.75) is 38.2 Å². The predicted molar refractivity (Wildman–Crippen MR) is 77.6 cm³/mol. The summed E-state index contributed by atoms with van der Waals surface area (Å²) >= 11 is 0. The van der Waals surface area contributed by atoms with E-state index in [1.165, 1.54) is 6.42 Å². The Morgan fingerprint density at radius 1 is 1.05 bits per heavy atom. The van der Waals surface area contributed by atoms with Crippen LogP contribution in [0.1, 0.15) is 38.2 Å². The molecule has 0 saturated heterocycles. The van der Waals surface area contributed by atoms with Crippen molar-refractivity contribution in [1.82, 2.24) is 0 Å². The molecule has 0 heterocycles. The van der Waals surface area contributed by atoms with Gasteiger partial charge in [-0.2, -0.15) is 0 Å². The summed E-state index contributed by atoms with van der Waals surface area (Å²) < 4.78 is 16.1. The van der Waals surface area contributed by atoms with Crippen molar-refractivity contribution in [3.63, 3.8) is 0 Å². The van der Waals surface area contributed by atoms with E-state index in [0.29, 0.717) is 17.2 Å². The van der Waals surface area contributed by atoms with Crippen LogP contribution in [0.5, 0.6) is 17.2 Å². The molecule has 1 aliphatic carbocycles. The maximum atomic E-state index is 11.1. The minimum Gasteiger partial charge on any atom is -0.493 e. The van der Waals surface area contributed by atoms with Crippen LogP contribution in [-0.4, -0.2) is 26.4 Å². The molecule has 4 nitrogen and oxygen atoms in total. The topological polar surface area (TPSA) is 47.9 Å². The second-order valence-electron chi connectivity index (χ2n) is 5.49. The molecular weight excluding hydrogens is 256 g/mol. The van der Waals surface area contributed by atoms with Gasteiger partial charge in [0.1, 0.15) is 0 Å². The van der Waals surface area contributed by atoms with Gasteiger partial charge >= 0.3 is 0 Å².